The number of nitrogens with zero attached hydrogens (tertiary/aromatic N) is 1. The first kappa shape index (κ1) is 17.0. The van der Waals surface area contributed by atoms with Crippen molar-refractivity contribution in [1.29, 1.82) is 0 Å². The van der Waals surface area contributed by atoms with Crippen molar-refractivity contribution in [2.45, 2.75) is 52.9 Å². The third-order valence-corrected chi connectivity index (χ3v) is 3.83. The number of unbranched alkanes of at least 4 members (excludes halogenated alkanes) is 2. The quantitative estimate of drug-likeness (QED) is 0.569. The van der Waals surface area contributed by atoms with E-state index in [9.17, 15) is 0 Å². The van der Waals surface area contributed by atoms with Gasteiger partial charge in [0.25, 0.3) is 0 Å². The SMILES string of the molecule is C=C(C)c1ccccc1CCN(CCCC)CCCC. The summed E-state index contributed by atoms with van der Waals surface area (Å²) in [5.74, 6) is 0. The van der Waals surface area contributed by atoms with E-state index in [0.717, 1.165) is 6.42 Å². The van der Waals surface area contributed by atoms with Crippen molar-refractivity contribution in [1.82, 2.24) is 4.90 Å². The lowest BCUT2D eigenvalue weighted by Crippen LogP contribution is -2.28. The van der Waals surface area contributed by atoms with E-state index < -0.39 is 0 Å². The Labute approximate surface area is 125 Å². The molecular weight excluding hydrogens is 242 g/mol. The molecule has 1 heteroatoms. The minimum atomic E-state index is 1.14. The van der Waals surface area contributed by atoms with Crippen LogP contribution in [0.4, 0.5) is 0 Å². The van der Waals surface area contributed by atoms with Crippen LogP contribution in [-0.4, -0.2) is 24.5 Å². The maximum Gasteiger partial charge on any atom is 0.00220 e. The summed E-state index contributed by atoms with van der Waals surface area (Å²) in [5, 5.41) is 0. The monoisotopic (exact) mass is 273 g/mol. The standard InChI is InChI=1S/C19H31N/c1-5-7-14-20(15-8-6-2)16-13-18-11-9-10-12-19(18)17(3)4/h9-12H,3,5-8,13-16H2,1-2,4H3. The summed E-state index contributed by atoms with van der Waals surface area (Å²) in [6.45, 7) is 14.4. The van der Waals surface area contributed by atoms with E-state index in [1.165, 1.54) is 62.0 Å². The van der Waals surface area contributed by atoms with Crippen molar-refractivity contribution in [3.8, 4) is 0 Å². The van der Waals surface area contributed by atoms with Gasteiger partial charge in [-0.25, -0.2) is 0 Å². The van der Waals surface area contributed by atoms with Crippen molar-refractivity contribution in [2.24, 2.45) is 0 Å². The van der Waals surface area contributed by atoms with Gasteiger partial charge in [0.1, 0.15) is 0 Å². The maximum absolute atomic E-state index is 4.10. The molecule has 0 atom stereocenters. The summed E-state index contributed by atoms with van der Waals surface area (Å²) in [7, 11) is 0. The summed E-state index contributed by atoms with van der Waals surface area (Å²) >= 11 is 0. The highest BCUT2D eigenvalue weighted by molar-refractivity contribution is 5.64. The van der Waals surface area contributed by atoms with Gasteiger partial charge in [-0.2, -0.15) is 0 Å². The Morgan fingerprint density at radius 2 is 1.60 bits per heavy atom. The molecule has 1 aromatic rings. The molecule has 0 aliphatic carbocycles. The molecule has 0 radical (unpaired) electrons. The summed E-state index contributed by atoms with van der Waals surface area (Å²) in [5.41, 5.74) is 3.95. The lowest BCUT2D eigenvalue weighted by atomic mass is 9.99. The summed E-state index contributed by atoms with van der Waals surface area (Å²) in [6.07, 6.45) is 6.32. The molecule has 1 nitrogen and oxygen atoms in total. The van der Waals surface area contributed by atoms with Crippen molar-refractivity contribution in [2.75, 3.05) is 19.6 Å². The van der Waals surface area contributed by atoms with Crippen LogP contribution in [0.2, 0.25) is 0 Å². The molecule has 1 rings (SSSR count). The summed E-state index contributed by atoms with van der Waals surface area (Å²) in [6, 6.07) is 8.70. The van der Waals surface area contributed by atoms with E-state index in [0.29, 0.717) is 0 Å². The van der Waals surface area contributed by atoms with Gasteiger partial charge in [-0.05, 0) is 50.4 Å². The predicted molar refractivity (Wildman–Crippen MR) is 91.1 cm³/mol. The summed E-state index contributed by atoms with van der Waals surface area (Å²) in [4.78, 5) is 2.63. The van der Waals surface area contributed by atoms with Gasteiger partial charge in [-0.15, -0.1) is 0 Å². The van der Waals surface area contributed by atoms with E-state index in [1.54, 1.807) is 0 Å². The predicted octanol–water partition coefficient (Wildman–Crippen LogP) is 5.16. The fourth-order valence-corrected chi connectivity index (χ4v) is 2.53. The van der Waals surface area contributed by atoms with Crippen LogP contribution in [0.5, 0.6) is 0 Å². The van der Waals surface area contributed by atoms with E-state index >= 15 is 0 Å². The van der Waals surface area contributed by atoms with Crippen LogP contribution >= 0.6 is 0 Å². The van der Waals surface area contributed by atoms with E-state index in [-0.39, 0.29) is 0 Å². The van der Waals surface area contributed by atoms with Crippen molar-refractivity contribution in [3.63, 3.8) is 0 Å². The number of rotatable bonds is 10. The minimum absolute atomic E-state index is 1.14. The van der Waals surface area contributed by atoms with Crippen LogP contribution in [-0.2, 0) is 6.42 Å². The molecule has 0 unspecified atom stereocenters. The molecule has 0 fully saturated rings. The number of benzene rings is 1. The Hall–Kier alpha value is -1.08. The Kier molecular flexibility index (Phi) is 8.29. The fourth-order valence-electron chi connectivity index (χ4n) is 2.53. The Bertz CT molecular complexity index is 387. The first-order valence-electron chi connectivity index (χ1n) is 8.15. The van der Waals surface area contributed by atoms with Gasteiger partial charge < -0.3 is 4.90 Å². The first-order valence-corrected chi connectivity index (χ1v) is 8.15. The van der Waals surface area contributed by atoms with Gasteiger partial charge in [0, 0.05) is 6.54 Å². The third kappa shape index (κ3) is 5.92. The average molecular weight is 273 g/mol. The van der Waals surface area contributed by atoms with E-state index in [4.69, 9.17) is 0 Å². The summed E-state index contributed by atoms with van der Waals surface area (Å²) < 4.78 is 0. The van der Waals surface area contributed by atoms with Gasteiger partial charge in [0.15, 0.2) is 0 Å². The largest absolute Gasteiger partial charge is 0.303 e. The molecule has 0 saturated carbocycles. The zero-order chi connectivity index (χ0) is 14.8. The van der Waals surface area contributed by atoms with Crippen LogP contribution in [0, 0.1) is 0 Å². The van der Waals surface area contributed by atoms with Crippen LogP contribution < -0.4 is 0 Å². The lowest BCUT2D eigenvalue weighted by molar-refractivity contribution is 0.268. The normalized spacial score (nSPS) is 11.0. The second-order valence-corrected chi connectivity index (χ2v) is 5.74. The van der Waals surface area contributed by atoms with Gasteiger partial charge in [-0.1, -0.05) is 63.1 Å². The molecule has 0 saturated heterocycles. The van der Waals surface area contributed by atoms with Crippen molar-refractivity contribution < 1.29 is 0 Å². The van der Waals surface area contributed by atoms with Gasteiger partial charge >= 0.3 is 0 Å². The molecule has 0 N–H and O–H groups in total. The minimum Gasteiger partial charge on any atom is -0.303 e. The first-order chi connectivity index (χ1) is 9.69. The number of hydrogen-bond donors (Lipinski definition) is 0. The van der Waals surface area contributed by atoms with Gasteiger partial charge in [-0.3, -0.25) is 0 Å². The molecule has 1 aromatic carbocycles. The average Bonchev–Trinajstić information content (AvgIpc) is 2.46. The van der Waals surface area contributed by atoms with Crippen molar-refractivity contribution >= 4 is 5.57 Å². The topological polar surface area (TPSA) is 3.24 Å². The molecule has 0 aliphatic rings. The molecule has 0 aliphatic heterocycles. The zero-order valence-electron chi connectivity index (χ0n) is 13.6. The van der Waals surface area contributed by atoms with E-state index in [2.05, 4.69) is 56.5 Å². The molecule has 0 heterocycles. The highest BCUT2D eigenvalue weighted by atomic mass is 15.1. The Morgan fingerprint density at radius 3 is 2.15 bits per heavy atom. The second-order valence-electron chi connectivity index (χ2n) is 5.74. The molecule has 112 valence electrons. The van der Waals surface area contributed by atoms with Crippen LogP contribution in [0.1, 0.15) is 57.6 Å². The van der Waals surface area contributed by atoms with Crippen molar-refractivity contribution in [3.05, 3.63) is 42.0 Å². The smallest absolute Gasteiger partial charge is 0.00220 e. The van der Waals surface area contributed by atoms with Crippen LogP contribution in [0.15, 0.2) is 30.8 Å². The molecular formula is C19H31N. The third-order valence-electron chi connectivity index (χ3n) is 3.83. The Balaban J connectivity index is 2.59. The molecule has 0 spiro atoms. The zero-order valence-corrected chi connectivity index (χ0v) is 13.6. The Morgan fingerprint density at radius 1 is 1.00 bits per heavy atom. The molecule has 0 aromatic heterocycles. The molecule has 0 amide bonds. The van der Waals surface area contributed by atoms with Gasteiger partial charge in [0.05, 0.1) is 0 Å². The number of allylic oxidation sites excluding steroid dienone is 1. The fraction of sp³-hybridized carbons (Fsp3) is 0.579. The highest BCUT2D eigenvalue weighted by Gasteiger charge is 2.07. The molecule has 0 bridgehead atoms. The maximum atomic E-state index is 4.10. The van der Waals surface area contributed by atoms with Gasteiger partial charge in [0.2, 0.25) is 0 Å². The molecule has 20 heavy (non-hydrogen) atoms. The van der Waals surface area contributed by atoms with E-state index in [1.807, 2.05) is 0 Å². The lowest BCUT2D eigenvalue weighted by Gasteiger charge is -2.22. The van der Waals surface area contributed by atoms with Crippen LogP contribution in [0.3, 0.4) is 0 Å². The second kappa shape index (κ2) is 9.77. The highest BCUT2D eigenvalue weighted by Crippen LogP contribution is 2.18. The van der Waals surface area contributed by atoms with Crippen LogP contribution in [0.25, 0.3) is 5.57 Å². The number of hydrogen-bond acceptors (Lipinski definition) is 1.